The Kier molecular flexibility index (Phi) is 4.71. The van der Waals surface area contributed by atoms with Crippen molar-refractivity contribution < 1.29 is 18.7 Å². The number of carbonyl (C=O) groups excluding carboxylic acids is 2. The van der Waals surface area contributed by atoms with E-state index >= 15 is 0 Å². The van der Waals surface area contributed by atoms with Gasteiger partial charge in [0.2, 0.25) is 0 Å². The summed E-state index contributed by atoms with van der Waals surface area (Å²) in [6, 6.07) is -0.223. The molecule has 5 heteroatoms. The van der Waals surface area contributed by atoms with Crippen LogP contribution in [0.15, 0.2) is 0 Å². The number of nitrogens with zero attached hydrogens (tertiary/aromatic N) is 1. The molecule has 104 valence electrons. The first-order valence-corrected chi connectivity index (χ1v) is 6.32. The number of ketones is 1. The summed E-state index contributed by atoms with van der Waals surface area (Å²) in [5, 5.41) is 0. The summed E-state index contributed by atoms with van der Waals surface area (Å²) in [5.74, 6) is 0.0569. The molecule has 1 saturated heterocycles. The monoisotopic (exact) mass is 259 g/mol. The highest BCUT2D eigenvalue weighted by molar-refractivity contribution is 5.75. The van der Waals surface area contributed by atoms with Gasteiger partial charge in [-0.15, -0.1) is 0 Å². The average molecular weight is 259 g/mol. The largest absolute Gasteiger partial charge is 0.444 e. The van der Waals surface area contributed by atoms with E-state index in [1.807, 2.05) is 0 Å². The van der Waals surface area contributed by atoms with Gasteiger partial charge in [-0.3, -0.25) is 0 Å². The van der Waals surface area contributed by atoms with Crippen LogP contribution < -0.4 is 0 Å². The molecule has 0 bridgehead atoms. The first-order chi connectivity index (χ1) is 8.19. The van der Waals surface area contributed by atoms with Gasteiger partial charge in [0.1, 0.15) is 17.6 Å². The van der Waals surface area contributed by atoms with Crippen LogP contribution in [0.25, 0.3) is 0 Å². The number of hydrogen-bond donors (Lipinski definition) is 0. The van der Waals surface area contributed by atoms with Crippen molar-refractivity contribution >= 4 is 11.9 Å². The maximum atomic E-state index is 13.4. The van der Waals surface area contributed by atoms with Crippen LogP contribution in [0.3, 0.4) is 0 Å². The van der Waals surface area contributed by atoms with E-state index in [2.05, 4.69) is 0 Å². The Balaban J connectivity index is 2.60. The first-order valence-electron chi connectivity index (χ1n) is 6.32. The lowest BCUT2D eigenvalue weighted by Gasteiger charge is -2.28. The number of alkyl halides is 1. The van der Waals surface area contributed by atoms with E-state index in [-0.39, 0.29) is 18.4 Å². The standard InChI is InChI=1S/C13H22FNO3/c1-9(16)5-6-11-7-10(14)8-15(11)12(17)18-13(2,3)4/h10-11H,5-8H2,1-4H3/t10-,11?/m1/s1. The zero-order valence-electron chi connectivity index (χ0n) is 11.5. The van der Waals surface area contributed by atoms with Crippen LogP contribution in [0, 0.1) is 0 Å². The van der Waals surface area contributed by atoms with Gasteiger partial charge in [0, 0.05) is 18.9 Å². The topological polar surface area (TPSA) is 46.6 Å². The number of hydrogen-bond acceptors (Lipinski definition) is 3. The Morgan fingerprint density at radius 3 is 2.50 bits per heavy atom. The van der Waals surface area contributed by atoms with Crippen LogP contribution >= 0.6 is 0 Å². The molecule has 1 aliphatic heterocycles. The molecule has 1 aliphatic rings. The fourth-order valence-corrected chi connectivity index (χ4v) is 2.05. The lowest BCUT2D eigenvalue weighted by Crippen LogP contribution is -2.40. The zero-order valence-corrected chi connectivity index (χ0v) is 11.5. The maximum absolute atomic E-state index is 13.4. The number of amides is 1. The molecule has 1 fully saturated rings. The van der Waals surface area contributed by atoms with Crippen molar-refractivity contribution in [3.05, 3.63) is 0 Å². The first kappa shape index (κ1) is 14.9. The van der Waals surface area contributed by atoms with E-state index < -0.39 is 17.9 Å². The summed E-state index contributed by atoms with van der Waals surface area (Å²) in [7, 11) is 0. The van der Waals surface area contributed by atoms with Gasteiger partial charge in [-0.05, 0) is 34.1 Å². The van der Waals surface area contributed by atoms with E-state index in [0.29, 0.717) is 19.3 Å². The van der Waals surface area contributed by atoms with Gasteiger partial charge < -0.3 is 14.4 Å². The summed E-state index contributed by atoms with van der Waals surface area (Å²) < 4.78 is 18.6. The lowest BCUT2D eigenvalue weighted by molar-refractivity contribution is -0.117. The molecule has 1 amide bonds. The van der Waals surface area contributed by atoms with Crippen molar-refractivity contribution in [2.24, 2.45) is 0 Å². The molecule has 0 aromatic carbocycles. The smallest absolute Gasteiger partial charge is 0.410 e. The third-order valence-corrected chi connectivity index (χ3v) is 2.82. The summed E-state index contributed by atoms with van der Waals surface area (Å²) in [6.45, 7) is 6.90. The fourth-order valence-electron chi connectivity index (χ4n) is 2.05. The van der Waals surface area contributed by atoms with Gasteiger partial charge in [-0.1, -0.05) is 0 Å². The number of Topliss-reactive ketones (excluding diaryl/α,β-unsaturated/α-hetero) is 1. The van der Waals surface area contributed by atoms with Crippen molar-refractivity contribution in [1.82, 2.24) is 4.90 Å². The Hall–Kier alpha value is -1.13. The molecule has 0 spiro atoms. The van der Waals surface area contributed by atoms with Crippen LogP contribution in [0.4, 0.5) is 9.18 Å². The molecule has 0 aromatic rings. The van der Waals surface area contributed by atoms with Crippen molar-refractivity contribution in [3.63, 3.8) is 0 Å². The third kappa shape index (κ3) is 4.63. The van der Waals surface area contributed by atoms with Crippen LogP contribution in [0.2, 0.25) is 0 Å². The molecule has 4 nitrogen and oxygen atoms in total. The molecule has 0 radical (unpaired) electrons. The van der Waals surface area contributed by atoms with Crippen LogP contribution in [-0.2, 0) is 9.53 Å². The highest BCUT2D eigenvalue weighted by Gasteiger charge is 2.37. The predicted molar refractivity (Wildman–Crippen MR) is 66.2 cm³/mol. The Morgan fingerprint density at radius 2 is 2.00 bits per heavy atom. The van der Waals surface area contributed by atoms with E-state index in [9.17, 15) is 14.0 Å². The van der Waals surface area contributed by atoms with Crippen molar-refractivity contribution in [1.29, 1.82) is 0 Å². The van der Waals surface area contributed by atoms with E-state index in [0.717, 1.165) is 0 Å². The number of likely N-dealkylation sites (tertiary alicyclic amines) is 1. The highest BCUT2D eigenvalue weighted by atomic mass is 19.1. The average Bonchev–Trinajstić information content (AvgIpc) is 2.54. The van der Waals surface area contributed by atoms with E-state index in [4.69, 9.17) is 4.74 Å². The molecular formula is C13H22FNO3. The molecule has 0 aromatic heterocycles. The minimum Gasteiger partial charge on any atom is -0.444 e. The Labute approximate surface area is 107 Å². The molecule has 0 aliphatic carbocycles. The van der Waals surface area contributed by atoms with E-state index in [1.54, 1.807) is 20.8 Å². The second-order valence-electron chi connectivity index (χ2n) is 5.86. The molecule has 1 heterocycles. The summed E-state index contributed by atoms with van der Waals surface area (Å²) in [6.07, 6.45) is -0.330. The quantitative estimate of drug-likeness (QED) is 0.783. The Morgan fingerprint density at radius 1 is 1.39 bits per heavy atom. The molecule has 1 unspecified atom stereocenters. The van der Waals surface area contributed by atoms with Crippen LogP contribution in [0.1, 0.15) is 47.0 Å². The molecule has 1 rings (SSSR count). The van der Waals surface area contributed by atoms with Crippen molar-refractivity contribution in [2.75, 3.05) is 6.54 Å². The summed E-state index contributed by atoms with van der Waals surface area (Å²) in [4.78, 5) is 24.3. The molecular weight excluding hydrogens is 237 g/mol. The molecule has 18 heavy (non-hydrogen) atoms. The third-order valence-electron chi connectivity index (χ3n) is 2.82. The molecule has 0 N–H and O–H groups in total. The fraction of sp³-hybridized carbons (Fsp3) is 0.846. The van der Waals surface area contributed by atoms with Gasteiger partial charge in [0.15, 0.2) is 0 Å². The number of carbonyl (C=O) groups is 2. The normalized spacial score (nSPS) is 24.2. The minimum absolute atomic E-state index is 0.0569. The summed E-state index contributed by atoms with van der Waals surface area (Å²) in [5.41, 5.74) is -0.587. The van der Waals surface area contributed by atoms with Crippen LogP contribution in [0.5, 0.6) is 0 Å². The Bertz CT molecular complexity index is 325. The van der Waals surface area contributed by atoms with Gasteiger partial charge in [0.05, 0.1) is 6.54 Å². The SMILES string of the molecule is CC(=O)CCC1C[C@@H](F)CN1C(=O)OC(C)(C)C. The second kappa shape index (κ2) is 5.67. The van der Waals surface area contributed by atoms with E-state index in [1.165, 1.54) is 11.8 Å². The predicted octanol–water partition coefficient (Wildman–Crippen LogP) is 2.70. The molecule has 0 saturated carbocycles. The van der Waals surface area contributed by atoms with Crippen LogP contribution in [-0.4, -0.2) is 41.1 Å². The lowest BCUT2D eigenvalue weighted by atomic mass is 10.1. The number of halogens is 1. The van der Waals surface area contributed by atoms with Gasteiger partial charge in [-0.25, -0.2) is 9.18 Å². The van der Waals surface area contributed by atoms with Gasteiger partial charge >= 0.3 is 6.09 Å². The number of ether oxygens (including phenoxy) is 1. The van der Waals surface area contributed by atoms with Gasteiger partial charge in [0.25, 0.3) is 0 Å². The second-order valence-corrected chi connectivity index (χ2v) is 5.86. The minimum atomic E-state index is -1.02. The van der Waals surface area contributed by atoms with Crippen molar-refractivity contribution in [2.45, 2.75) is 64.8 Å². The number of rotatable bonds is 3. The zero-order chi connectivity index (χ0) is 13.9. The van der Waals surface area contributed by atoms with Gasteiger partial charge in [-0.2, -0.15) is 0 Å². The maximum Gasteiger partial charge on any atom is 0.410 e. The van der Waals surface area contributed by atoms with Crippen molar-refractivity contribution in [3.8, 4) is 0 Å². The highest BCUT2D eigenvalue weighted by Crippen LogP contribution is 2.26. The molecule has 2 atom stereocenters. The summed E-state index contributed by atoms with van der Waals surface area (Å²) >= 11 is 0.